The molecule has 0 amide bonds. The Kier molecular flexibility index (Phi) is 7.49. The van der Waals surface area contributed by atoms with Crippen molar-refractivity contribution in [3.8, 4) is 5.75 Å². The molecule has 0 N–H and O–H groups in total. The summed E-state index contributed by atoms with van der Waals surface area (Å²) in [6, 6.07) is 14.7. The molecule has 0 fully saturated rings. The van der Waals surface area contributed by atoms with Gasteiger partial charge in [-0.05, 0) is 12.1 Å². The Morgan fingerprint density at radius 3 is 2.50 bits per heavy atom. The van der Waals surface area contributed by atoms with Crippen LogP contribution < -0.4 is 4.74 Å². The molecule has 0 saturated heterocycles. The first kappa shape index (κ1) is 15.6. The Bertz CT molecular complexity index is 482. The average molecular weight is 381 g/mol. The van der Waals surface area contributed by atoms with Crippen LogP contribution in [0.25, 0.3) is 0 Å². The monoisotopic (exact) mass is 378 g/mol. The Morgan fingerprint density at radius 2 is 1.89 bits per heavy atom. The fraction of sp³-hybridized carbons (Fsp3) is 0.0769. The van der Waals surface area contributed by atoms with Gasteiger partial charge in [0, 0.05) is 6.07 Å². The number of hydrogen-bond acceptors (Lipinski definition) is 1. The van der Waals surface area contributed by atoms with E-state index in [4.69, 9.17) is 16.3 Å². The average Bonchev–Trinajstić information content (AvgIpc) is 2.44. The van der Waals surface area contributed by atoms with Crippen LogP contribution in [0.5, 0.6) is 5.75 Å². The van der Waals surface area contributed by atoms with Crippen molar-refractivity contribution in [1.29, 1.82) is 0 Å². The molecule has 2 aromatic carbocycles. The standard InChI is InChI=1S/C13H9ClFO.BrH.Zn/c14-12-7-6-11(8-13(12)15)16-9-10-4-2-1-3-5-10;;/h2-8H,9H2;1H;/q-1;;+2/p-1. The van der Waals surface area contributed by atoms with Crippen molar-refractivity contribution >= 4 is 25.2 Å². The number of hydrogen-bond donors (Lipinski definition) is 0. The predicted molar refractivity (Wildman–Crippen MR) is 69.9 cm³/mol. The molecule has 0 bridgehead atoms. The molecule has 0 saturated carbocycles. The molecule has 0 heterocycles. The Labute approximate surface area is 127 Å². The van der Waals surface area contributed by atoms with Gasteiger partial charge in [-0.3, -0.25) is 0 Å². The summed E-state index contributed by atoms with van der Waals surface area (Å²) in [6.45, 7) is 0.399. The summed E-state index contributed by atoms with van der Waals surface area (Å²) in [7, 11) is 0. The van der Waals surface area contributed by atoms with E-state index < -0.39 is 5.82 Å². The van der Waals surface area contributed by atoms with Gasteiger partial charge in [0.1, 0.15) is 11.6 Å². The summed E-state index contributed by atoms with van der Waals surface area (Å²) in [6.07, 6.45) is 0. The molecule has 0 spiro atoms. The van der Waals surface area contributed by atoms with E-state index in [-0.39, 0.29) is 5.02 Å². The van der Waals surface area contributed by atoms with Gasteiger partial charge in [-0.15, -0.1) is 5.56 Å². The minimum absolute atomic E-state index is 0.0988. The Morgan fingerprint density at radius 1 is 1.22 bits per heavy atom. The van der Waals surface area contributed by atoms with E-state index in [1.807, 2.05) is 12.1 Å². The van der Waals surface area contributed by atoms with E-state index in [0.29, 0.717) is 12.4 Å². The van der Waals surface area contributed by atoms with Gasteiger partial charge in [0.25, 0.3) is 0 Å². The van der Waals surface area contributed by atoms with Crippen LogP contribution in [0.3, 0.4) is 0 Å². The van der Waals surface area contributed by atoms with Gasteiger partial charge in [0.15, 0.2) is 0 Å². The first-order valence-corrected chi connectivity index (χ1v) is 12.4. The topological polar surface area (TPSA) is 9.23 Å². The molecule has 0 unspecified atom stereocenters. The van der Waals surface area contributed by atoms with Crippen LogP contribution in [0.15, 0.2) is 42.5 Å². The summed E-state index contributed by atoms with van der Waals surface area (Å²) in [5, 5.41) is 0.0988. The second-order valence-electron chi connectivity index (χ2n) is 3.27. The van der Waals surface area contributed by atoms with E-state index >= 15 is 0 Å². The zero-order valence-corrected chi connectivity index (χ0v) is 14.8. The summed E-state index contributed by atoms with van der Waals surface area (Å²) in [5.74, 6) is -0.00436. The molecule has 1 nitrogen and oxygen atoms in total. The molecular weight excluding hydrogens is 372 g/mol. The van der Waals surface area contributed by atoms with Gasteiger partial charge >= 0.3 is 30.0 Å². The van der Waals surface area contributed by atoms with Gasteiger partial charge in [0.05, 0.1) is 11.6 Å². The molecule has 0 atom stereocenters. The molecule has 18 heavy (non-hydrogen) atoms. The van der Waals surface area contributed by atoms with Crippen molar-refractivity contribution in [3.05, 3.63) is 64.9 Å². The van der Waals surface area contributed by atoms with Gasteiger partial charge in [-0.2, -0.15) is 30.3 Å². The summed E-state index contributed by atoms with van der Waals surface area (Å²) < 4.78 is 18.5. The van der Waals surface area contributed by atoms with Gasteiger partial charge in [-0.25, -0.2) is 4.39 Å². The molecule has 90 valence electrons. The van der Waals surface area contributed by atoms with Crippen LogP contribution in [-0.4, -0.2) is 0 Å². The maximum atomic E-state index is 13.1. The maximum absolute atomic E-state index is 13.1. The molecule has 0 aliphatic heterocycles. The molecule has 0 aromatic heterocycles. The third-order valence-corrected chi connectivity index (χ3v) is 2.39. The van der Waals surface area contributed by atoms with E-state index in [1.165, 1.54) is 28.5 Å². The quantitative estimate of drug-likeness (QED) is 0.554. The van der Waals surface area contributed by atoms with Gasteiger partial charge in [0.2, 0.25) is 0 Å². The molecule has 2 aromatic rings. The third-order valence-electron chi connectivity index (χ3n) is 2.08. The van der Waals surface area contributed by atoms with E-state index in [9.17, 15) is 4.39 Å². The molecule has 0 radical (unpaired) electrons. The van der Waals surface area contributed by atoms with Crippen molar-refractivity contribution in [1.82, 2.24) is 0 Å². The first-order valence-electron chi connectivity index (χ1n) is 5.05. The van der Waals surface area contributed by atoms with Crippen molar-refractivity contribution in [2.75, 3.05) is 0 Å². The normalized spacial score (nSPS) is 9.39. The Balaban J connectivity index is 0.000000771. The summed E-state index contributed by atoms with van der Waals surface area (Å²) in [5.41, 5.74) is 1.01. The van der Waals surface area contributed by atoms with Crippen LogP contribution in [-0.2, 0) is 22.9 Å². The van der Waals surface area contributed by atoms with Crippen LogP contribution in [0.1, 0.15) is 5.56 Å². The fourth-order valence-corrected chi connectivity index (χ4v) is 1.37. The zero-order valence-electron chi connectivity index (χ0n) is 9.50. The summed E-state index contributed by atoms with van der Waals surface area (Å²) in [4.78, 5) is 0. The van der Waals surface area contributed by atoms with Gasteiger partial charge < -0.3 is 4.74 Å². The first-order chi connectivity index (χ1) is 8.75. The van der Waals surface area contributed by atoms with Crippen LogP contribution in [0.4, 0.5) is 4.39 Å². The molecule has 0 aliphatic rings. The second-order valence-corrected chi connectivity index (χ2v) is 3.68. The van der Waals surface area contributed by atoms with Crippen LogP contribution >= 0.6 is 25.2 Å². The third kappa shape index (κ3) is 5.05. The fourth-order valence-electron chi connectivity index (χ4n) is 1.25. The predicted octanol–water partition coefficient (Wildman–Crippen LogP) is 4.70. The van der Waals surface area contributed by atoms with Crippen molar-refractivity contribution in [3.63, 3.8) is 0 Å². The van der Waals surface area contributed by atoms with E-state index in [1.54, 1.807) is 18.2 Å². The summed E-state index contributed by atoms with van der Waals surface area (Å²) >= 11 is 9.81. The molecule has 0 aliphatic carbocycles. The van der Waals surface area contributed by atoms with Crippen molar-refractivity contribution in [2.24, 2.45) is 0 Å². The number of halogens is 3. The zero-order chi connectivity index (χ0) is 13.4. The SMILES string of the molecule is Fc1cc(OCc2cc[c-]cc2)ccc1Cl.[Zn+][Br]. The van der Waals surface area contributed by atoms with E-state index in [2.05, 4.69) is 19.7 Å². The van der Waals surface area contributed by atoms with Crippen molar-refractivity contribution in [2.45, 2.75) is 6.61 Å². The van der Waals surface area contributed by atoms with Crippen LogP contribution in [0, 0.1) is 11.9 Å². The second kappa shape index (κ2) is 8.63. The van der Waals surface area contributed by atoms with Gasteiger partial charge in [-0.1, -0.05) is 11.6 Å². The van der Waals surface area contributed by atoms with Crippen LogP contribution in [0.2, 0.25) is 5.02 Å². The number of rotatable bonds is 3. The minimum atomic E-state index is -0.472. The molecule has 2 rings (SSSR count). The molecular formula is C13H9BrClFOZn. The van der Waals surface area contributed by atoms with E-state index in [0.717, 1.165) is 5.56 Å². The Hall–Kier alpha value is -0.437. The van der Waals surface area contributed by atoms with Crippen molar-refractivity contribution < 1.29 is 25.5 Å². The molecule has 5 heteroatoms. The number of ether oxygens (including phenoxy) is 1. The number of benzene rings is 2.